The molecule has 1 aromatic carbocycles. The molecule has 0 aliphatic rings. The molecule has 0 saturated carbocycles. The topological polar surface area (TPSA) is 93.1 Å². The average Bonchev–Trinajstić information content (AvgIpc) is 2.83. The van der Waals surface area contributed by atoms with Gasteiger partial charge in [0.15, 0.2) is 5.69 Å². The number of nitrogens with zero attached hydrogens (tertiary/aromatic N) is 2. The first-order valence-electron chi connectivity index (χ1n) is 6.87. The van der Waals surface area contributed by atoms with Gasteiger partial charge in [-0.1, -0.05) is 6.07 Å². The standard InChI is InChI=1S/C14H15F3N4O3S/c1-8-4-5-9(6-11(8)20-25(3,23)24)18-13(22)10-7-21(2)19-12(10)14(15,16)17/h4-7,20H,1-3H3,(H,18,22). The zero-order chi connectivity index (χ0) is 19.0. The highest BCUT2D eigenvalue weighted by Crippen LogP contribution is 2.31. The van der Waals surface area contributed by atoms with Crippen LogP contribution in [0.25, 0.3) is 0 Å². The Kier molecular flexibility index (Phi) is 4.80. The summed E-state index contributed by atoms with van der Waals surface area (Å²) in [6, 6.07) is 4.29. The first kappa shape index (κ1) is 18.8. The lowest BCUT2D eigenvalue weighted by Crippen LogP contribution is -2.18. The lowest BCUT2D eigenvalue weighted by atomic mass is 10.1. The molecule has 2 rings (SSSR count). The fourth-order valence-corrected chi connectivity index (χ4v) is 2.69. The number of aromatic nitrogens is 2. The Morgan fingerprint density at radius 2 is 1.92 bits per heavy atom. The number of amides is 1. The first-order chi connectivity index (χ1) is 11.4. The van der Waals surface area contributed by atoms with Gasteiger partial charge in [-0.15, -0.1) is 0 Å². The molecular formula is C14H15F3N4O3S. The largest absolute Gasteiger partial charge is 0.435 e. The number of halogens is 3. The van der Waals surface area contributed by atoms with Gasteiger partial charge < -0.3 is 5.32 Å². The van der Waals surface area contributed by atoms with Crippen LogP contribution in [0.4, 0.5) is 24.5 Å². The predicted octanol–water partition coefficient (Wildman–Crippen LogP) is 2.37. The highest BCUT2D eigenvalue weighted by atomic mass is 32.2. The van der Waals surface area contributed by atoms with E-state index in [-0.39, 0.29) is 11.4 Å². The fourth-order valence-electron chi connectivity index (χ4n) is 2.07. The molecule has 0 bridgehead atoms. The van der Waals surface area contributed by atoms with Crippen molar-refractivity contribution in [2.75, 3.05) is 16.3 Å². The third kappa shape index (κ3) is 4.72. The summed E-state index contributed by atoms with van der Waals surface area (Å²) in [5, 5.41) is 5.57. The SMILES string of the molecule is Cc1ccc(NC(=O)c2cn(C)nc2C(F)(F)F)cc1NS(C)(=O)=O. The Labute approximate surface area is 141 Å². The highest BCUT2D eigenvalue weighted by Gasteiger charge is 2.39. The van der Waals surface area contributed by atoms with Crippen molar-refractivity contribution in [2.24, 2.45) is 7.05 Å². The van der Waals surface area contributed by atoms with Crippen LogP contribution in [0.3, 0.4) is 0 Å². The third-order valence-corrected chi connectivity index (χ3v) is 3.72. The van der Waals surface area contributed by atoms with E-state index in [1.807, 2.05) is 0 Å². The zero-order valence-corrected chi connectivity index (χ0v) is 14.3. The van der Waals surface area contributed by atoms with Crippen LogP contribution in [0.15, 0.2) is 24.4 Å². The van der Waals surface area contributed by atoms with E-state index in [1.165, 1.54) is 25.2 Å². The molecule has 1 heterocycles. The molecule has 0 saturated heterocycles. The van der Waals surface area contributed by atoms with E-state index in [4.69, 9.17) is 0 Å². The van der Waals surface area contributed by atoms with Crippen molar-refractivity contribution >= 4 is 27.3 Å². The molecule has 0 atom stereocenters. The van der Waals surface area contributed by atoms with E-state index < -0.39 is 33.4 Å². The van der Waals surface area contributed by atoms with Gasteiger partial charge in [0, 0.05) is 18.9 Å². The van der Waals surface area contributed by atoms with Gasteiger partial charge in [-0.2, -0.15) is 18.3 Å². The van der Waals surface area contributed by atoms with Gasteiger partial charge in [0.25, 0.3) is 5.91 Å². The maximum absolute atomic E-state index is 12.9. The van der Waals surface area contributed by atoms with Crippen molar-refractivity contribution in [3.63, 3.8) is 0 Å². The van der Waals surface area contributed by atoms with E-state index >= 15 is 0 Å². The number of sulfonamides is 1. The lowest BCUT2D eigenvalue weighted by molar-refractivity contribution is -0.141. The molecule has 0 aliphatic heterocycles. The van der Waals surface area contributed by atoms with Crippen LogP contribution in [0.1, 0.15) is 21.6 Å². The highest BCUT2D eigenvalue weighted by molar-refractivity contribution is 7.92. The Hall–Kier alpha value is -2.56. The molecule has 0 fully saturated rings. The number of carbonyl (C=O) groups is 1. The summed E-state index contributed by atoms with van der Waals surface area (Å²) in [5.74, 6) is -1.01. The minimum atomic E-state index is -4.77. The van der Waals surface area contributed by atoms with Crippen molar-refractivity contribution in [2.45, 2.75) is 13.1 Å². The molecule has 0 radical (unpaired) electrons. The van der Waals surface area contributed by atoms with Gasteiger partial charge in [-0.3, -0.25) is 14.2 Å². The molecule has 11 heteroatoms. The summed E-state index contributed by atoms with van der Waals surface area (Å²) in [6.07, 6.45) is -2.85. The molecule has 25 heavy (non-hydrogen) atoms. The maximum atomic E-state index is 12.9. The molecule has 0 unspecified atom stereocenters. The van der Waals surface area contributed by atoms with E-state index in [9.17, 15) is 26.4 Å². The van der Waals surface area contributed by atoms with Crippen LogP contribution in [0, 0.1) is 6.92 Å². The Bertz CT molecular complexity index is 920. The van der Waals surface area contributed by atoms with Crippen LogP contribution in [0.2, 0.25) is 0 Å². The minimum Gasteiger partial charge on any atom is -0.322 e. The Morgan fingerprint density at radius 3 is 2.48 bits per heavy atom. The lowest BCUT2D eigenvalue weighted by Gasteiger charge is -2.11. The number of carbonyl (C=O) groups excluding carboxylic acids is 1. The average molecular weight is 376 g/mol. The molecule has 1 aromatic heterocycles. The first-order valence-corrected chi connectivity index (χ1v) is 8.76. The molecule has 7 nitrogen and oxygen atoms in total. The summed E-state index contributed by atoms with van der Waals surface area (Å²) in [4.78, 5) is 12.2. The van der Waals surface area contributed by atoms with Gasteiger partial charge in [-0.25, -0.2) is 8.42 Å². The van der Waals surface area contributed by atoms with E-state index in [1.54, 1.807) is 6.92 Å². The summed E-state index contributed by atoms with van der Waals surface area (Å²) in [6.45, 7) is 1.64. The number of aryl methyl sites for hydroxylation is 2. The van der Waals surface area contributed by atoms with Gasteiger partial charge >= 0.3 is 6.18 Å². The van der Waals surface area contributed by atoms with Crippen LogP contribution in [-0.2, 0) is 23.2 Å². The fraction of sp³-hybridized carbons (Fsp3) is 0.286. The second kappa shape index (κ2) is 6.39. The summed E-state index contributed by atoms with van der Waals surface area (Å²) in [5.41, 5.74) is -0.996. The summed E-state index contributed by atoms with van der Waals surface area (Å²) >= 11 is 0. The van der Waals surface area contributed by atoms with Crippen LogP contribution >= 0.6 is 0 Å². The van der Waals surface area contributed by atoms with E-state index in [2.05, 4.69) is 15.1 Å². The summed E-state index contributed by atoms with van der Waals surface area (Å²) in [7, 11) is -2.27. The molecule has 1 amide bonds. The van der Waals surface area contributed by atoms with E-state index in [0.29, 0.717) is 5.56 Å². The number of alkyl halides is 3. The van der Waals surface area contributed by atoms with Crippen LogP contribution < -0.4 is 10.0 Å². The second-order valence-electron chi connectivity index (χ2n) is 5.42. The number of benzene rings is 1. The van der Waals surface area contributed by atoms with Crippen molar-refractivity contribution in [1.29, 1.82) is 0 Å². The predicted molar refractivity (Wildman–Crippen MR) is 85.8 cm³/mol. The van der Waals surface area contributed by atoms with Crippen molar-refractivity contribution < 1.29 is 26.4 Å². The quantitative estimate of drug-likeness (QED) is 0.857. The smallest absolute Gasteiger partial charge is 0.322 e. The molecule has 136 valence electrons. The van der Waals surface area contributed by atoms with Gasteiger partial charge in [0.2, 0.25) is 10.0 Å². The van der Waals surface area contributed by atoms with Crippen LogP contribution in [-0.4, -0.2) is 30.4 Å². The number of anilines is 2. The number of rotatable bonds is 4. The van der Waals surface area contributed by atoms with Gasteiger partial charge in [0.05, 0.1) is 17.5 Å². The summed E-state index contributed by atoms with van der Waals surface area (Å²) < 4.78 is 64.6. The van der Waals surface area contributed by atoms with Crippen molar-refractivity contribution in [1.82, 2.24) is 9.78 Å². The third-order valence-electron chi connectivity index (χ3n) is 3.13. The van der Waals surface area contributed by atoms with Crippen molar-refractivity contribution in [3.8, 4) is 0 Å². The molecule has 2 N–H and O–H groups in total. The monoisotopic (exact) mass is 376 g/mol. The molecular weight excluding hydrogens is 361 g/mol. The Morgan fingerprint density at radius 1 is 1.28 bits per heavy atom. The molecule has 2 aromatic rings. The molecule has 0 aliphatic carbocycles. The normalized spacial score (nSPS) is 12.1. The molecule has 0 spiro atoms. The minimum absolute atomic E-state index is 0.138. The second-order valence-corrected chi connectivity index (χ2v) is 7.17. The Balaban J connectivity index is 2.32. The van der Waals surface area contributed by atoms with Crippen molar-refractivity contribution in [3.05, 3.63) is 41.2 Å². The maximum Gasteiger partial charge on any atom is 0.435 e. The number of hydrogen-bond donors (Lipinski definition) is 2. The zero-order valence-electron chi connectivity index (χ0n) is 13.5. The number of nitrogens with one attached hydrogen (secondary N) is 2. The van der Waals surface area contributed by atoms with Gasteiger partial charge in [0.1, 0.15) is 0 Å². The van der Waals surface area contributed by atoms with E-state index in [0.717, 1.165) is 17.1 Å². The van der Waals surface area contributed by atoms with Gasteiger partial charge in [-0.05, 0) is 24.6 Å². The number of hydrogen-bond acceptors (Lipinski definition) is 4. The van der Waals surface area contributed by atoms with Crippen LogP contribution in [0.5, 0.6) is 0 Å².